The molecule has 5 heteroatoms. The van der Waals surface area contributed by atoms with Crippen LogP contribution in [0.3, 0.4) is 0 Å². The van der Waals surface area contributed by atoms with Crippen LogP contribution in [0.5, 0.6) is 0 Å². The molecule has 0 amide bonds. The summed E-state index contributed by atoms with van der Waals surface area (Å²) >= 11 is 0. The lowest BCUT2D eigenvalue weighted by Crippen LogP contribution is -2.11. The number of fused-ring (bicyclic) bond motifs is 1. The van der Waals surface area contributed by atoms with E-state index in [0.29, 0.717) is 6.42 Å². The van der Waals surface area contributed by atoms with Gasteiger partial charge in [0.2, 0.25) is 0 Å². The molecule has 0 heterocycles. The topological polar surface area (TPSA) is 21.6 Å². The highest BCUT2D eigenvalue weighted by Gasteiger charge is 2.31. The van der Waals surface area contributed by atoms with Crippen LogP contribution in [0.1, 0.15) is 28.2 Å². The van der Waals surface area contributed by atoms with E-state index < -0.39 is 11.7 Å². The molecule has 0 saturated carbocycles. The third-order valence-corrected chi connectivity index (χ3v) is 4.13. The van der Waals surface area contributed by atoms with Crippen molar-refractivity contribution in [3.63, 3.8) is 0 Å². The molecule has 1 atom stereocenters. The molecule has 2 aromatic rings. The normalized spacial score (nSPS) is 19.0. The van der Waals surface area contributed by atoms with Crippen molar-refractivity contribution in [2.75, 3.05) is 7.11 Å². The quantitative estimate of drug-likeness (QED) is 0.758. The molecule has 2 nitrogen and oxygen atoms in total. The van der Waals surface area contributed by atoms with Gasteiger partial charge in [-0.15, -0.1) is 0 Å². The molecular weight excluding hydrogens is 303 g/mol. The van der Waals surface area contributed by atoms with Gasteiger partial charge in [0, 0.05) is 12.3 Å². The lowest BCUT2D eigenvalue weighted by atomic mass is 9.92. The smallest absolute Gasteiger partial charge is 0.399 e. The van der Waals surface area contributed by atoms with Crippen LogP contribution in [0.25, 0.3) is 0 Å². The second kappa shape index (κ2) is 6.07. The Hall–Kier alpha value is -2.30. The Morgan fingerprint density at radius 3 is 2.43 bits per heavy atom. The number of hydrogen-bond donors (Lipinski definition) is 0. The first-order chi connectivity index (χ1) is 11.0. The second-order valence-corrected chi connectivity index (χ2v) is 5.59. The number of halogens is 3. The zero-order valence-electron chi connectivity index (χ0n) is 12.6. The third kappa shape index (κ3) is 3.23. The molecule has 1 aliphatic rings. The Labute approximate surface area is 132 Å². The molecule has 3 rings (SSSR count). The van der Waals surface area contributed by atoms with Gasteiger partial charge in [-0.1, -0.05) is 41.6 Å². The highest BCUT2D eigenvalue weighted by molar-refractivity contribution is 5.96. The summed E-state index contributed by atoms with van der Waals surface area (Å²) in [6, 6.07) is 13.4. The van der Waals surface area contributed by atoms with E-state index in [1.54, 1.807) is 0 Å². The van der Waals surface area contributed by atoms with Crippen LogP contribution < -0.4 is 0 Å². The molecule has 0 radical (unpaired) electrons. The summed E-state index contributed by atoms with van der Waals surface area (Å²) in [5.41, 5.74) is 3.50. The first-order valence-corrected chi connectivity index (χ1v) is 7.33. The Morgan fingerprint density at radius 2 is 1.78 bits per heavy atom. The molecule has 0 fully saturated rings. The van der Waals surface area contributed by atoms with E-state index in [1.807, 2.05) is 24.3 Å². The van der Waals surface area contributed by atoms with Crippen LogP contribution in [0, 0.1) is 0 Å². The van der Waals surface area contributed by atoms with Gasteiger partial charge in [-0.3, -0.25) is 0 Å². The molecule has 0 N–H and O–H groups in total. The van der Waals surface area contributed by atoms with Crippen molar-refractivity contribution in [3.8, 4) is 0 Å². The molecule has 23 heavy (non-hydrogen) atoms. The zero-order valence-corrected chi connectivity index (χ0v) is 12.6. The molecule has 0 aliphatic heterocycles. The van der Waals surface area contributed by atoms with Crippen LogP contribution in [0.15, 0.2) is 53.7 Å². The van der Waals surface area contributed by atoms with Gasteiger partial charge >= 0.3 is 6.18 Å². The monoisotopic (exact) mass is 319 g/mol. The van der Waals surface area contributed by atoms with Crippen molar-refractivity contribution >= 4 is 5.71 Å². The second-order valence-electron chi connectivity index (χ2n) is 5.59. The largest absolute Gasteiger partial charge is 0.416 e. The van der Waals surface area contributed by atoms with Crippen molar-refractivity contribution in [3.05, 3.63) is 70.8 Å². The van der Waals surface area contributed by atoms with E-state index in [2.05, 4.69) is 5.16 Å². The number of hydrogen-bond acceptors (Lipinski definition) is 2. The third-order valence-electron chi connectivity index (χ3n) is 4.13. The zero-order chi connectivity index (χ0) is 16.4. The van der Waals surface area contributed by atoms with E-state index in [1.165, 1.54) is 30.4 Å². The minimum absolute atomic E-state index is 0.0443. The maximum Gasteiger partial charge on any atom is 0.416 e. The van der Waals surface area contributed by atoms with Gasteiger partial charge in [0.05, 0.1) is 11.3 Å². The minimum atomic E-state index is -4.30. The SMILES string of the molecule is CO/N=C1/Cc2ccccc2C1Cc1ccc(C(F)(F)F)cc1. The van der Waals surface area contributed by atoms with Crippen molar-refractivity contribution < 1.29 is 18.0 Å². The van der Waals surface area contributed by atoms with Gasteiger partial charge in [0.15, 0.2) is 0 Å². The molecule has 0 spiro atoms. The van der Waals surface area contributed by atoms with Crippen LogP contribution in [0.4, 0.5) is 13.2 Å². The Bertz CT molecular complexity index is 720. The summed E-state index contributed by atoms with van der Waals surface area (Å²) in [6.07, 6.45) is -2.98. The Balaban J connectivity index is 1.87. The number of rotatable bonds is 3. The number of nitrogens with zero attached hydrogens (tertiary/aromatic N) is 1. The van der Waals surface area contributed by atoms with Gasteiger partial charge in [-0.25, -0.2) is 0 Å². The summed E-state index contributed by atoms with van der Waals surface area (Å²) < 4.78 is 37.9. The van der Waals surface area contributed by atoms with Crippen molar-refractivity contribution in [2.45, 2.75) is 24.9 Å². The summed E-state index contributed by atoms with van der Waals surface area (Å²) in [7, 11) is 1.51. The van der Waals surface area contributed by atoms with Crippen molar-refractivity contribution in [2.24, 2.45) is 5.16 Å². The maximum atomic E-state index is 12.6. The maximum absolute atomic E-state index is 12.6. The molecule has 0 saturated heterocycles. The van der Waals surface area contributed by atoms with Crippen molar-refractivity contribution in [1.82, 2.24) is 0 Å². The molecule has 1 aliphatic carbocycles. The number of alkyl halides is 3. The lowest BCUT2D eigenvalue weighted by Gasteiger charge is -2.14. The first kappa shape index (κ1) is 15.6. The van der Waals surface area contributed by atoms with E-state index in [0.717, 1.165) is 29.8 Å². The van der Waals surface area contributed by atoms with Crippen LogP contribution in [-0.4, -0.2) is 12.8 Å². The van der Waals surface area contributed by atoms with E-state index >= 15 is 0 Å². The van der Waals surface area contributed by atoms with Gasteiger partial charge < -0.3 is 4.84 Å². The average Bonchev–Trinajstić information content (AvgIpc) is 2.85. The predicted octanol–water partition coefficient (Wildman–Crippen LogP) is 4.59. The minimum Gasteiger partial charge on any atom is -0.399 e. The summed E-state index contributed by atoms with van der Waals surface area (Å²) in [5.74, 6) is 0.0443. The van der Waals surface area contributed by atoms with Gasteiger partial charge in [-0.2, -0.15) is 13.2 Å². The summed E-state index contributed by atoms with van der Waals surface area (Å²) in [6.45, 7) is 0. The highest BCUT2D eigenvalue weighted by Crippen LogP contribution is 2.35. The number of benzene rings is 2. The van der Waals surface area contributed by atoms with Crippen LogP contribution in [-0.2, 0) is 23.9 Å². The fourth-order valence-corrected chi connectivity index (χ4v) is 3.04. The average molecular weight is 319 g/mol. The van der Waals surface area contributed by atoms with E-state index in [9.17, 15) is 13.2 Å². The molecule has 0 aromatic heterocycles. The lowest BCUT2D eigenvalue weighted by molar-refractivity contribution is -0.137. The molecule has 0 bridgehead atoms. The Kier molecular flexibility index (Phi) is 4.11. The Morgan fingerprint density at radius 1 is 1.09 bits per heavy atom. The number of oxime groups is 1. The standard InChI is InChI=1S/C18H16F3NO/c1-23-22-17-11-13-4-2-3-5-15(13)16(17)10-12-6-8-14(9-7-12)18(19,20)21/h2-9,16H,10-11H2,1H3/b22-17-. The van der Waals surface area contributed by atoms with Gasteiger partial charge in [0.1, 0.15) is 7.11 Å². The highest BCUT2D eigenvalue weighted by atomic mass is 19.4. The van der Waals surface area contributed by atoms with E-state index in [4.69, 9.17) is 4.84 Å². The molecular formula is C18H16F3NO. The fourth-order valence-electron chi connectivity index (χ4n) is 3.04. The fraction of sp³-hybridized carbons (Fsp3) is 0.278. The van der Waals surface area contributed by atoms with Gasteiger partial charge in [-0.05, 0) is 35.2 Å². The summed E-state index contributed by atoms with van der Waals surface area (Å²) in [4.78, 5) is 4.93. The molecule has 120 valence electrons. The molecule has 1 unspecified atom stereocenters. The predicted molar refractivity (Wildman–Crippen MR) is 82.5 cm³/mol. The summed E-state index contributed by atoms with van der Waals surface area (Å²) in [5, 5.41) is 4.11. The first-order valence-electron chi connectivity index (χ1n) is 7.33. The van der Waals surface area contributed by atoms with E-state index in [-0.39, 0.29) is 5.92 Å². The van der Waals surface area contributed by atoms with Crippen molar-refractivity contribution in [1.29, 1.82) is 0 Å². The van der Waals surface area contributed by atoms with Gasteiger partial charge in [0.25, 0.3) is 0 Å². The van der Waals surface area contributed by atoms with Crippen LogP contribution >= 0.6 is 0 Å². The molecule has 2 aromatic carbocycles. The van der Waals surface area contributed by atoms with Crippen LogP contribution in [0.2, 0.25) is 0 Å².